The molecule has 7 nitrogen and oxygen atoms in total. The zero-order valence-corrected chi connectivity index (χ0v) is 19.1. The number of nitrogens with zero attached hydrogens (tertiary/aromatic N) is 2. The van der Waals surface area contributed by atoms with Gasteiger partial charge in [-0.3, -0.25) is 9.59 Å². The average molecular weight is 449 g/mol. The number of furan rings is 1. The Balaban J connectivity index is 1.65. The molecule has 2 aromatic carbocycles. The Morgan fingerprint density at radius 1 is 1.03 bits per heavy atom. The van der Waals surface area contributed by atoms with Crippen molar-refractivity contribution in [3.05, 3.63) is 83.8 Å². The van der Waals surface area contributed by atoms with Gasteiger partial charge in [-0.15, -0.1) is 0 Å². The van der Waals surface area contributed by atoms with Crippen molar-refractivity contribution < 1.29 is 23.5 Å². The highest BCUT2D eigenvalue weighted by atomic mass is 16.5. The highest BCUT2D eigenvalue weighted by Crippen LogP contribution is 2.40. The number of rotatable bonds is 7. The van der Waals surface area contributed by atoms with Crippen LogP contribution in [0.4, 0.5) is 0 Å². The van der Waals surface area contributed by atoms with E-state index in [-0.39, 0.29) is 23.5 Å². The molecule has 3 aromatic rings. The molecule has 0 saturated carbocycles. The van der Waals surface area contributed by atoms with E-state index in [0.29, 0.717) is 31.1 Å². The van der Waals surface area contributed by atoms with Crippen LogP contribution in [0.25, 0.3) is 0 Å². The minimum absolute atomic E-state index is 0.0246. The first kappa shape index (κ1) is 22.5. The summed E-state index contributed by atoms with van der Waals surface area (Å²) in [6, 6.07) is 18.7. The number of ether oxygens (including phenoxy) is 2. The third-order valence-electron chi connectivity index (χ3n) is 6.13. The fourth-order valence-corrected chi connectivity index (χ4v) is 4.44. The second-order valence-corrected chi connectivity index (χ2v) is 8.19. The average Bonchev–Trinajstić information content (AvgIpc) is 3.54. The topological polar surface area (TPSA) is 72.2 Å². The highest BCUT2D eigenvalue weighted by Gasteiger charge is 2.43. The van der Waals surface area contributed by atoms with Crippen LogP contribution in [-0.4, -0.2) is 56.0 Å². The van der Waals surface area contributed by atoms with E-state index in [1.54, 1.807) is 43.2 Å². The summed E-state index contributed by atoms with van der Waals surface area (Å²) in [6.45, 7) is 1.16. The van der Waals surface area contributed by atoms with Gasteiger partial charge in [0.1, 0.15) is 11.5 Å². The summed E-state index contributed by atoms with van der Waals surface area (Å²) >= 11 is 0. The zero-order chi connectivity index (χ0) is 23.4. The zero-order valence-electron chi connectivity index (χ0n) is 19.1. The third kappa shape index (κ3) is 4.72. The smallest absolute Gasteiger partial charge is 0.289 e. The van der Waals surface area contributed by atoms with Gasteiger partial charge in [0.05, 0.1) is 26.4 Å². The largest absolute Gasteiger partial charge is 0.497 e. The third-order valence-corrected chi connectivity index (χ3v) is 6.13. The molecule has 1 aliphatic heterocycles. The second kappa shape index (κ2) is 9.81. The molecule has 1 aromatic heterocycles. The first-order chi connectivity index (χ1) is 16.0. The monoisotopic (exact) mass is 448 g/mol. The summed E-state index contributed by atoms with van der Waals surface area (Å²) in [7, 11) is 5.00. The van der Waals surface area contributed by atoms with Gasteiger partial charge >= 0.3 is 0 Å². The fourth-order valence-electron chi connectivity index (χ4n) is 4.44. The summed E-state index contributed by atoms with van der Waals surface area (Å²) in [5.41, 5.74) is 1.89. The van der Waals surface area contributed by atoms with Crippen LogP contribution in [0.3, 0.4) is 0 Å². The van der Waals surface area contributed by atoms with Crippen molar-refractivity contribution in [2.75, 3.05) is 34.4 Å². The van der Waals surface area contributed by atoms with Crippen LogP contribution in [0, 0.1) is 5.92 Å². The quantitative estimate of drug-likeness (QED) is 0.550. The second-order valence-electron chi connectivity index (χ2n) is 8.19. The number of carbonyl (C=O) groups excluding carboxylic acids is 2. The summed E-state index contributed by atoms with van der Waals surface area (Å²) in [5.74, 6) is 0.661. The normalized spacial score (nSPS) is 17.6. The number of likely N-dealkylation sites (tertiary alicyclic amines) is 1. The number of hydrogen-bond acceptors (Lipinski definition) is 5. The highest BCUT2D eigenvalue weighted by molar-refractivity contribution is 5.93. The lowest BCUT2D eigenvalue weighted by Gasteiger charge is -2.25. The van der Waals surface area contributed by atoms with Gasteiger partial charge in [0.15, 0.2) is 5.76 Å². The SMILES string of the molecule is COc1ccc(OC)c([C@H]2CN(C(=O)c3ccco3)C[C@@H]2C(=O)N(C)Cc2ccccc2)c1. The van der Waals surface area contributed by atoms with Crippen LogP contribution >= 0.6 is 0 Å². The standard InChI is InChI=1S/C26H28N2O5/c1-27(15-18-8-5-4-6-9-18)25(29)22-17-28(26(30)24-10-7-13-33-24)16-21(22)20-14-19(31-2)11-12-23(20)32-3/h4-14,21-22H,15-17H2,1-3H3/t21-,22+/m1/s1. The first-order valence-electron chi connectivity index (χ1n) is 10.9. The van der Waals surface area contributed by atoms with Crippen molar-refractivity contribution in [3.8, 4) is 11.5 Å². The van der Waals surface area contributed by atoms with Crippen LogP contribution in [0.5, 0.6) is 11.5 Å². The lowest BCUT2D eigenvalue weighted by Crippen LogP contribution is -2.36. The molecule has 0 aliphatic carbocycles. The van der Waals surface area contributed by atoms with Crippen LogP contribution in [0.15, 0.2) is 71.3 Å². The molecule has 2 amide bonds. The molecule has 0 N–H and O–H groups in total. The van der Waals surface area contributed by atoms with E-state index in [9.17, 15) is 9.59 Å². The molecule has 1 fully saturated rings. The van der Waals surface area contributed by atoms with E-state index >= 15 is 0 Å². The molecule has 0 unspecified atom stereocenters. The summed E-state index contributed by atoms with van der Waals surface area (Å²) in [5, 5.41) is 0. The number of carbonyl (C=O) groups is 2. The molecule has 33 heavy (non-hydrogen) atoms. The Morgan fingerprint density at radius 3 is 2.48 bits per heavy atom. The molecule has 0 bridgehead atoms. The summed E-state index contributed by atoms with van der Waals surface area (Å²) < 4.78 is 16.4. The molecule has 0 radical (unpaired) electrons. The predicted molar refractivity (Wildman–Crippen MR) is 123 cm³/mol. The molecular weight excluding hydrogens is 420 g/mol. The molecule has 172 valence electrons. The summed E-state index contributed by atoms with van der Waals surface area (Å²) in [4.78, 5) is 30.1. The molecule has 1 saturated heterocycles. The van der Waals surface area contributed by atoms with Gasteiger partial charge < -0.3 is 23.7 Å². The Kier molecular flexibility index (Phi) is 6.68. The minimum Gasteiger partial charge on any atom is -0.497 e. The van der Waals surface area contributed by atoms with Crippen LogP contribution in [0.1, 0.15) is 27.6 Å². The van der Waals surface area contributed by atoms with E-state index in [1.807, 2.05) is 48.5 Å². The maximum atomic E-state index is 13.6. The van der Waals surface area contributed by atoms with Crippen LogP contribution < -0.4 is 9.47 Å². The van der Waals surface area contributed by atoms with Gasteiger partial charge in [0.25, 0.3) is 5.91 Å². The van der Waals surface area contributed by atoms with E-state index in [4.69, 9.17) is 13.9 Å². The van der Waals surface area contributed by atoms with Crippen LogP contribution in [-0.2, 0) is 11.3 Å². The Labute approximate surface area is 193 Å². The maximum absolute atomic E-state index is 13.6. The molecule has 0 spiro atoms. The lowest BCUT2D eigenvalue weighted by molar-refractivity contribution is -0.134. The van der Waals surface area contributed by atoms with Crippen molar-refractivity contribution in [3.63, 3.8) is 0 Å². The number of amides is 2. The first-order valence-corrected chi connectivity index (χ1v) is 10.9. The molecule has 1 aliphatic rings. The molecule has 2 atom stereocenters. The number of benzene rings is 2. The number of methoxy groups -OCH3 is 2. The van der Waals surface area contributed by atoms with E-state index < -0.39 is 5.92 Å². The predicted octanol–water partition coefficient (Wildman–Crippen LogP) is 3.81. The van der Waals surface area contributed by atoms with Crippen molar-refractivity contribution in [1.82, 2.24) is 9.80 Å². The van der Waals surface area contributed by atoms with Gasteiger partial charge in [-0.1, -0.05) is 30.3 Å². The maximum Gasteiger partial charge on any atom is 0.289 e. The summed E-state index contributed by atoms with van der Waals surface area (Å²) in [6.07, 6.45) is 1.47. The van der Waals surface area contributed by atoms with Crippen molar-refractivity contribution in [1.29, 1.82) is 0 Å². The molecule has 7 heteroatoms. The van der Waals surface area contributed by atoms with Gasteiger partial charge in [-0.05, 0) is 35.9 Å². The van der Waals surface area contributed by atoms with Crippen molar-refractivity contribution in [2.24, 2.45) is 5.92 Å². The fraction of sp³-hybridized carbons (Fsp3) is 0.308. The van der Waals surface area contributed by atoms with Gasteiger partial charge in [0, 0.05) is 38.2 Å². The van der Waals surface area contributed by atoms with Gasteiger partial charge in [-0.25, -0.2) is 0 Å². The van der Waals surface area contributed by atoms with Crippen LogP contribution in [0.2, 0.25) is 0 Å². The van der Waals surface area contributed by atoms with Gasteiger partial charge in [0.2, 0.25) is 5.91 Å². The Bertz CT molecular complexity index is 1100. The van der Waals surface area contributed by atoms with E-state index in [0.717, 1.165) is 11.1 Å². The minimum atomic E-state index is -0.432. The lowest BCUT2D eigenvalue weighted by atomic mass is 9.87. The number of hydrogen-bond donors (Lipinski definition) is 0. The van der Waals surface area contributed by atoms with Crippen molar-refractivity contribution in [2.45, 2.75) is 12.5 Å². The molecule has 2 heterocycles. The van der Waals surface area contributed by atoms with Crippen molar-refractivity contribution >= 4 is 11.8 Å². The Hall–Kier alpha value is -3.74. The van der Waals surface area contributed by atoms with Gasteiger partial charge in [-0.2, -0.15) is 0 Å². The van der Waals surface area contributed by atoms with E-state index in [2.05, 4.69) is 0 Å². The molecule has 4 rings (SSSR count). The van der Waals surface area contributed by atoms with E-state index in [1.165, 1.54) is 6.26 Å². The molecular formula is C26H28N2O5. The Morgan fingerprint density at radius 2 is 1.82 bits per heavy atom.